The maximum absolute atomic E-state index is 12.1. The topological polar surface area (TPSA) is 54.7 Å². The first kappa shape index (κ1) is 12.1. The molecule has 0 saturated carbocycles. The van der Waals surface area contributed by atoms with E-state index in [9.17, 15) is 4.79 Å². The summed E-state index contributed by atoms with van der Waals surface area (Å²) in [6, 6.07) is 3.74. The average Bonchev–Trinajstić information content (AvgIpc) is 2.98. The van der Waals surface area contributed by atoms with Crippen LogP contribution in [0.5, 0.6) is 0 Å². The van der Waals surface area contributed by atoms with Crippen molar-refractivity contribution >= 4 is 5.91 Å². The molecule has 1 aromatic rings. The number of carbonyl (C=O) groups is 1. The van der Waals surface area contributed by atoms with Crippen molar-refractivity contribution < 1.29 is 13.9 Å². The highest BCUT2D eigenvalue weighted by Gasteiger charge is 2.25. The average molecular weight is 238 g/mol. The van der Waals surface area contributed by atoms with Crippen molar-refractivity contribution in [3.63, 3.8) is 0 Å². The lowest BCUT2D eigenvalue weighted by molar-refractivity contribution is 0.0704. The molecular weight excluding hydrogens is 220 g/mol. The van der Waals surface area contributed by atoms with Crippen LogP contribution in [0.15, 0.2) is 16.5 Å². The van der Waals surface area contributed by atoms with Crippen LogP contribution in [0, 0.1) is 0 Å². The van der Waals surface area contributed by atoms with Crippen LogP contribution >= 0.6 is 0 Å². The molecule has 0 spiro atoms. The second kappa shape index (κ2) is 5.33. The first-order valence-electron chi connectivity index (χ1n) is 5.78. The van der Waals surface area contributed by atoms with E-state index in [2.05, 4.69) is 5.32 Å². The van der Waals surface area contributed by atoms with Gasteiger partial charge in [-0.3, -0.25) is 4.79 Å². The van der Waals surface area contributed by atoms with Gasteiger partial charge in [-0.2, -0.15) is 0 Å². The Morgan fingerprint density at radius 1 is 1.65 bits per heavy atom. The van der Waals surface area contributed by atoms with Crippen molar-refractivity contribution in [3.8, 4) is 0 Å². The van der Waals surface area contributed by atoms with Gasteiger partial charge in [-0.1, -0.05) is 0 Å². The summed E-state index contributed by atoms with van der Waals surface area (Å²) in [5, 5.41) is 3.24. The Balaban J connectivity index is 2.02. The summed E-state index contributed by atoms with van der Waals surface area (Å²) in [5.74, 6) is 0.987. The van der Waals surface area contributed by atoms with Crippen molar-refractivity contribution in [2.24, 2.45) is 0 Å². The number of ether oxygens (including phenoxy) is 1. The highest BCUT2D eigenvalue weighted by molar-refractivity contribution is 5.91. The summed E-state index contributed by atoms with van der Waals surface area (Å²) in [6.45, 7) is 2.21. The van der Waals surface area contributed by atoms with Gasteiger partial charge in [0.1, 0.15) is 12.4 Å². The maximum atomic E-state index is 12.1. The number of hydrogen-bond acceptors (Lipinski definition) is 4. The highest BCUT2D eigenvalue weighted by Crippen LogP contribution is 2.14. The highest BCUT2D eigenvalue weighted by atomic mass is 16.5. The summed E-state index contributed by atoms with van der Waals surface area (Å²) in [6.07, 6.45) is 0.994. The van der Waals surface area contributed by atoms with Gasteiger partial charge in [0.05, 0.1) is 0 Å². The third-order valence-corrected chi connectivity index (χ3v) is 3.06. The molecule has 1 saturated heterocycles. The third kappa shape index (κ3) is 2.68. The molecule has 5 heteroatoms. The van der Waals surface area contributed by atoms with Gasteiger partial charge in [0.2, 0.25) is 0 Å². The molecule has 1 atom stereocenters. The first-order valence-corrected chi connectivity index (χ1v) is 5.78. The fourth-order valence-electron chi connectivity index (χ4n) is 2.02. The van der Waals surface area contributed by atoms with Crippen LogP contribution in [-0.2, 0) is 11.3 Å². The van der Waals surface area contributed by atoms with Crippen molar-refractivity contribution in [2.45, 2.75) is 19.1 Å². The van der Waals surface area contributed by atoms with Gasteiger partial charge in [0.25, 0.3) is 5.91 Å². The van der Waals surface area contributed by atoms with E-state index in [0.717, 1.165) is 19.5 Å². The minimum Gasteiger partial charge on any atom is -0.453 e. The standard InChI is InChI=1S/C12H18N2O3/c1-14(9-5-6-13-7-9)12(15)11-4-3-10(17-11)8-16-2/h3-4,9,13H,5-8H2,1-2H3. The number of likely N-dealkylation sites (N-methyl/N-ethyl adjacent to an activating group) is 1. The molecule has 1 unspecified atom stereocenters. The molecule has 2 rings (SSSR count). The molecular formula is C12H18N2O3. The summed E-state index contributed by atoms with van der Waals surface area (Å²) < 4.78 is 10.4. The molecule has 1 aliphatic heterocycles. The monoisotopic (exact) mass is 238 g/mol. The predicted molar refractivity (Wildman–Crippen MR) is 62.8 cm³/mol. The lowest BCUT2D eigenvalue weighted by Crippen LogP contribution is -2.38. The molecule has 0 aliphatic carbocycles. The number of rotatable bonds is 4. The minimum atomic E-state index is -0.0685. The summed E-state index contributed by atoms with van der Waals surface area (Å²) in [4.78, 5) is 13.9. The van der Waals surface area contributed by atoms with E-state index in [-0.39, 0.29) is 11.9 Å². The van der Waals surface area contributed by atoms with Crippen LogP contribution in [0.3, 0.4) is 0 Å². The zero-order chi connectivity index (χ0) is 12.3. The van der Waals surface area contributed by atoms with E-state index in [1.807, 2.05) is 7.05 Å². The van der Waals surface area contributed by atoms with Gasteiger partial charge in [-0.25, -0.2) is 0 Å². The van der Waals surface area contributed by atoms with E-state index < -0.39 is 0 Å². The SMILES string of the molecule is COCc1ccc(C(=O)N(C)C2CCNC2)o1. The summed E-state index contributed by atoms with van der Waals surface area (Å²) in [7, 11) is 3.42. The van der Waals surface area contributed by atoms with Gasteiger partial charge in [0.15, 0.2) is 5.76 Å². The number of nitrogens with one attached hydrogen (secondary N) is 1. The molecule has 5 nitrogen and oxygen atoms in total. The first-order chi connectivity index (χ1) is 8.22. The van der Waals surface area contributed by atoms with Crippen molar-refractivity contribution in [2.75, 3.05) is 27.2 Å². The molecule has 1 fully saturated rings. The van der Waals surface area contributed by atoms with Crippen LogP contribution in [0.25, 0.3) is 0 Å². The van der Waals surface area contributed by atoms with Gasteiger partial charge < -0.3 is 19.4 Å². The summed E-state index contributed by atoms with van der Waals surface area (Å²) in [5.41, 5.74) is 0. The zero-order valence-electron chi connectivity index (χ0n) is 10.2. The van der Waals surface area contributed by atoms with E-state index in [1.165, 1.54) is 0 Å². The predicted octanol–water partition coefficient (Wildman–Crippen LogP) is 0.860. The van der Waals surface area contributed by atoms with Gasteiger partial charge >= 0.3 is 0 Å². The van der Waals surface area contributed by atoms with E-state index in [4.69, 9.17) is 9.15 Å². The van der Waals surface area contributed by atoms with Crippen LogP contribution in [0.4, 0.5) is 0 Å². The Morgan fingerprint density at radius 2 is 2.47 bits per heavy atom. The maximum Gasteiger partial charge on any atom is 0.289 e. The Morgan fingerprint density at radius 3 is 3.12 bits per heavy atom. The number of furan rings is 1. The lowest BCUT2D eigenvalue weighted by Gasteiger charge is -2.22. The van der Waals surface area contributed by atoms with Gasteiger partial charge in [0, 0.05) is 26.7 Å². The normalized spacial score (nSPS) is 19.5. The van der Waals surface area contributed by atoms with E-state index >= 15 is 0 Å². The molecule has 0 radical (unpaired) electrons. The minimum absolute atomic E-state index is 0.0685. The van der Waals surface area contributed by atoms with Crippen molar-refractivity contribution in [1.29, 1.82) is 0 Å². The van der Waals surface area contributed by atoms with Crippen molar-refractivity contribution in [3.05, 3.63) is 23.7 Å². The molecule has 17 heavy (non-hydrogen) atoms. The smallest absolute Gasteiger partial charge is 0.289 e. The largest absolute Gasteiger partial charge is 0.453 e. The third-order valence-electron chi connectivity index (χ3n) is 3.06. The zero-order valence-corrected chi connectivity index (χ0v) is 10.2. The fraction of sp³-hybridized carbons (Fsp3) is 0.583. The van der Waals surface area contributed by atoms with Crippen LogP contribution in [0.1, 0.15) is 22.7 Å². The second-order valence-corrected chi connectivity index (χ2v) is 4.26. The molecule has 1 amide bonds. The Kier molecular flexibility index (Phi) is 3.81. The summed E-state index contributed by atoms with van der Waals surface area (Å²) >= 11 is 0. The van der Waals surface area contributed by atoms with Crippen LogP contribution in [-0.4, -0.2) is 44.1 Å². The van der Waals surface area contributed by atoms with Crippen LogP contribution < -0.4 is 5.32 Å². The van der Waals surface area contributed by atoms with E-state index in [1.54, 1.807) is 24.1 Å². The Labute approximate surface area is 101 Å². The quantitative estimate of drug-likeness (QED) is 0.845. The van der Waals surface area contributed by atoms with Crippen LogP contribution in [0.2, 0.25) is 0 Å². The molecule has 1 N–H and O–H groups in total. The number of hydrogen-bond donors (Lipinski definition) is 1. The molecule has 1 aromatic heterocycles. The Bertz CT molecular complexity index is 383. The molecule has 0 aromatic carbocycles. The number of amides is 1. The number of methoxy groups -OCH3 is 1. The molecule has 1 aliphatic rings. The number of nitrogens with zero attached hydrogens (tertiary/aromatic N) is 1. The fourth-order valence-corrected chi connectivity index (χ4v) is 2.02. The lowest BCUT2D eigenvalue weighted by atomic mass is 10.2. The Hall–Kier alpha value is -1.33. The van der Waals surface area contributed by atoms with Gasteiger partial charge in [-0.15, -0.1) is 0 Å². The van der Waals surface area contributed by atoms with Gasteiger partial charge in [-0.05, 0) is 25.1 Å². The second-order valence-electron chi connectivity index (χ2n) is 4.26. The molecule has 2 heterocycles. The molecule has 0 bridgehead atoms. The number of carbonyl (C=O) groups excluding carboxylic acids is 1. The molecule has 94 valence electrons. The van der Waals surface area contributed by atoms with E-state index in [0.29, 0.717) is 18.1 Å². The van der Waals surface area contributed by atoms with Crippen molar-refractivity contribution in [1.82, 2.24) is 10.2 Å².